The second-order valence-electron chi connectivity index (χ2n) is 5.27. The molecule has 10 heteroatoms. The van der Waals surface area contributed by atoms with Crippen LogP contribution in [0.4, 0.5) is 22.0 Å². The Morgan fingerprint density at radius 1 is 1.35 bits per heavy atom. The van der Waals surface area contributed by atoms with Crippen molar-refractivity contribution in [3.05, 3.63) is 52.4 Å². The maximum Gasteiger partial charge on any atom is 0.234 e. The molecule has 136 valence electrons. The Hall–Kier alpha value is -2.72. The molecule has 0 bridgehead atoms. The summed E-state index contributed by atoms with van der Waals surface area (Å²) in [6.45, 7) is -0.203. The Bertz CT molecular complexity index is 873. The Labute approximate surface area is 157 Å². The summed E-state index contributed by atoms with van der Waals surface area (Å²) in [5.74, 6) is 1.47. The quantitative estimate of drug-likeness (QED) is 0.463. The highest BCUT2D eigenvalue weighted by atomic mass is 79.9. The third kappa shape index (κ3) is 4.27. The number of hydrogen-bond donors (Lipinski definition) is 4. The fraction of sp³-hybridized carbons (Fsp3) is 0.188. The van der Waals surface area contributed by atoms with E-state index in [4.69, 9.17) is 4.74 Å². The fourth-order valence-corrected chi connectivity index (χ4v) is 2.50. The van der Waals surface area contributed by atoms with Gasteiger partial charge < -0.3 is 20.5 Å². The molecule has 2 heterocycles. The van der Waals surface area contributed by atoms with Crippen LogP contribution in [-0.4, -0.2) is 39.0 Å². The number of nitrogens with one attached hydrogen (secondary N) is 3. The van der Waals surface area contributed by atoms with Crippen molar-refractivity contribution in [2.45, 2.75) is 6.04 Å². The lowest BCUT2D eigenvalue weighted by molar-refractivity contribution is 0.276. The lowest BCUT2D eigenvalue weighted by Gasteiger charge is -2.17. The second-order valence-corrected chi connectivity index (χ2v) is 6.12. The molecule has 26 heavy (non-hydrogen) atoms. The number of benzene rings is 1. The molecule has 0 saturated heterocycles. The third-order valence-electron chi connectivity index (χ3n) is 3.52. The molecule has 0 radical (unpaired) electrons. The molecule has 4 N–H and O–H groups in total. The molecule has 0 aliphatic rings. The van der Waals surface area contributed by atoms with Crippen molar-refractivity contribution in [1.82, 2.24) is 20.2 Å². The number of methoxy groups -OCH3 is 1. The predicted octanol–water partition coefficient (Wildman–Crippen LogP) is 3.00. The zero-order valence-electron chi connectivity index (χ0n) is 13.7. The van der Waals surface area contributed by atoms with E-state index in [2.05, 4.69) is 46.7 Å². The Morgan fingerprint density at radius 3 is 2.77 bits per heavy atom. The summed E-state index contributed by atoms with van der Waals surface area (Å²) in [5, 5.41) is 22.4. The van der Waals surface area contributed by atoms with E-state index in [-0.39, 0.29) is 12.4 Å². The molecular weight excluding hydrogens is 407 g/mol. The molecule has 0 saturated carbocycles. The molecule has 1 aromatic carbocycles. The minimum atomic E-state index is -0.475. The van der Waals surface area contributed by atoms with Gasteiger partial charge in [-0.05, 0) is 33.6 Å². The minimum Gasteiger partial charge on any atom is -0.480 e. The molecule has 0 amide bonds. The molecule has 8 nitrogen and oxygen atoms in total. The van der Waals surface area contributed by atoms with Crippen LogP contribution in [0.5, 0.6) is 5.88 Å². The van der Waals surface area contributed by atoms with Gasteiger partial charge in [0.25, 0.3) is 0 Å². The zero-order chi connectivity index (χ0) is 18.5. The lowest BCUT2D eigenvalue weighted by atomic mass is 10.1. The summed E-state index contributed by atoms with van der Waals surface area (Å²) in [4.78, 5) is 8.57. The van der Waals surface area contributed by atoms with Gasteiger partial charge in [0.1, 0.15) is 11.6 Å². The number of halogens is 2. The van der Waals surface area contributed by atoms with Crippen LogP contribution < -0.4 is 15.4 Å². The molecule has 1 atom stereocenters. The van der Waals surface area contributed by atoms with Crippen LogP contribution in [0.3, 0.4) is 0 Å². The topological polar surface area (TPSA) is 108 Å². The summed E-state index contributed by atoms with van der Waals surface area (Å²) in [6, 6.07) is 7.06. The highest BCUT2D eigenvalue weighted by Crippen LogP contribution is 2.26. The van der Waals surface area contributed by atoms with Gasteiger partial charge in [0.05, 0.1) is 24.2 Å². The van der Waals surface area contributed by atoms with Crippen molar-refractivity contribution in [3.8, 4) is 5.88 Å². The summed E-state index contributed by atoms with van der Waals surface area (Å²) >= 11 is 3.38. The van der Waals surface area contributed by atoms with Crippen molar-refractivity contribution < 1.29 is 14.2 Å². The van der Waals surface area contributed by atoms with E-state index in [9.17, 15) is 9.50 Å². The zero-order valence-corrected chi connectivity index (χ0v) is 15.3. The van der Waals surface area contributed by atoms with Gasteiger partial charge >= 0.3 is 0 Å². The van der Waals surface area contributed by atoms with Crippen molar-refractivity contribution in [1.29, 1.82) is 0 Å². The largest absolute Gasteiger partial charge is 0.480 e. The van der Waals surface area contributed by atoms with Gasteiger partial charge in [-0.3, -0.25) is 5.10 Å². The van der Waals surface area contributed by atoms with Gasteiger partial charge in [-0.15, -0.1) is 5.10 Å². The summed E-state index contributed by atoms with van der Waals surface area (Å²) in [7, 11) is 1.52. The first-order chi connectivity index (χ1) is 12.6. The Kier molecular flexibility index (Phi) is 5.64. The van der Waals surface area contributed by atoms with Crippen LogP contribution in [0.25, 0.3) is 0 Å². The molecule has 0 aliphatic heterocycles. The van der Waals surface area contributed by atoms with Crippen LogP contribution in [0.1, 0.15) is 11.6 Å². The summed E-state index contributed by atoms with van der Waals surface area (Å²) in [5.41, 5.74) is 0.716. The smallest absolute Gasteiger partial charge is 0.234 e. The summed E-state index contributed by atoms with van der Waals surface area (Å²) < 4.78 is 18.7. The molecule has 0 spiro atoms. The van der Waals surface area contributed by atoms with Crippen molar-refractivity contribution in [3.63, 3.8) is 0 Å². The Balaban J connectivity index is 1.78. The number of aliphatic hydroxyl groups excluding tert-OH is 1. The first-order valence-corrected chi connectivity index (χ1v) is 8.40. The van der Waals surface area contributed by atoms with Crippen LogP contribution in [0, 0.1) is 5.82 Å². The van der Waals surface area contributed by atoms with Gasteiger partial charge in [-0.2, -0.15) is 4.98 Å². The monoisotopic (exact) mass is 422 g/mol. The average Bonchev–Trinajstić information content (AvgIpc) is 3.11. The van der Waals surface area contributed by atoms with E-state index < -0.39 is 6.04 Å². The van der Waals surface area contributed by atoms with E-state index >= 15 is 0 Å². The fourth-order valence-electron chi connectivity index (χ4n) is 2.21. The average molecular weight is 423 g/mol. The lowest BCUT2D eigenvalue weighted by Crippen LogP contribution is -2.17. The van der Waals surface area contributed by atoms with Gasteiger partial charge in [0, 0.05) is 12.3 Å². The van der Waals surface area contributed by atoms with Crippen molar-refractivity contribution >= 4 is 33.5 Å². The molecule has 3 rings (SSSR count). The molecule has 3 aromatic rings. The number of anilines is 3. The highest BCUT2D eigenvalue weighted by molar-refractivity contribution is 9.10. The number of H-pyrrole nitrogens is 1. The van der Waals surface area contributed by atoms with E-state index in [0.29, 0.717) is 33.5 Å². The number of nitrogens with zero attached hydrogens (tertiary/aromatic N) is 3. The van der Waals surface area contributed by atoms with E-state index in [1.54, 1.807) is 24.4 Å². The van der Waals surface area contributed by atoms with Crippen LogP contribution >= 0.6 is 15.9 Å². The van der Waals surface area contributed by atoms with Crippen LogP contribution in [0.2, 0.25) is 0 Å². The number of rotatable bonds is 7. The van der Waals surface area contributed by atoms with Crippen LogP contribution in [-0.2, 0) is 0 Å². The van der Waals surface area contributed by atoms with E-state index in [1.165, 1.54) is 19.2 Å². The van der Waals surface area contributed by atoms with Gasteiger partial charge in [0.2, 0.25) is 11.8 Å². The van der Waals surface area contributed by atoms with Crippen LogP contribution in [0.15, 0.2) is 41.0 Å². The van der Waals surface area contributed by atoms with Gasteiger partial charge in [-0.25, -0.2) is 9.37 Å². The third-order valence-corrected chi connectivity index (χ3v) is 4.10. The highest BCUT2D eigenvalue weighted by Gasteiger charge is 2.14. The first kappa shape index (κ1) is 18.1. The maximum atomic E-state index is 13.1. The molecule has 0 fully saturated rings. The normalized spacial score (nSPS) is 11.8. The number of hydrogen-bond acceptors (Lipinski definition) is 7. The standard InChI is InChI=1S/C16H16BrFN6O2/c1-26-14-6-13(23-24-14)21-15-11(17)7-19-16(22-15)20-12(8-25)9-2-4-10(18)5-3-9/h2-7,12,25H,8H2,1H3,(H3,19,20,21,22,23,24)/t12-/m0/s1. The number of aromatic nitrogens is 4. The van der Waals surface area contributed by atoms with E-state index in [0.717, 1.165) is 0 Å². The predicted molar refractivity (Wildman–Crippen MR) is 98.0 cm³/mol. The molecule has 0 aliphatic carbocycles. The van der Waals surface area contributed by atoms with Crippen molar-refractivity contribution in [2.24, 2.45) is 0 Å². The van der Waals surface area contributed by atoms with E-state index in [1.807, 2.05) is 0 Å². The molecule has 2 aromatic heterocycles. The number of aliphatic hydroxyl groups is 1. The minimum absolute atomic E-state index is 0.203. The summed E-state index contributed by atoms with van der Waals surface area (Å²) in [6.07, 6.45) is 1.57. The maximum absolute atomic E-state index is 13.1. The van der Waals surface area contributed by atoms with Gasteiger partial charge in [-0.1, -0.05) is 12.1 Å². The first-order valence-electron chi connectivity index (χ1n) is 7.61. The Morgan fingerprint density at radius 2 is 2.12 bits per heavy atom. The van der Waals surface area contributed by atoms with Gasteiger partial charge in [0.15, 0.2) is 5.82 Å². The second kappa shape index (κ2) is 8.11. The molecular formula is C16H16BrFN6O2. The number of aromatic amines is 1. The molecule has 0 unspecified atom stereocenters. The van der Waals surface area contributed by atoms with Crippen molar-refractivity contribution in [2.75, 3.05) is 24.4 Å². The SMILES string of the molecule is COc1cc(Nc2nc(N[C@@H](CO)c3ccc(F)cc3)ncc2Br)[nH]n1. The number of ether oxygens (including phenoxy) is 1.